The molecule has 0 aliphatic rings. The number of nitrogens with two attached hydrogens (primary N) is 4. The molecule has 26 nitrogen and oxygen atoms in total. The molecule has 11 atom stereocenters. The monoisotopic (exact) mass is 1190 g/mol. The van der Waals surface area contributed by atoms with E-state index in [9.17, 15) is 58.2 Å². The molecule has 0 fully saturated rings. The number of H-pyrrole nitrogens is 1. The standard InChI is InChI=1S/C56H96N14O12S/c1-8-33(5)46(69-48(74)37(60)19-12-15-24-57)55(81)65-40(22-14-17-26-59)50(76)64-41(23-27-83-7)51(77)68-45(32(3)4)54(80)70-47(34(6)9-2)56(82)67-43(31-71)53(79)66-42(28-35-29-61-38-20-11-10-18-36(35)38)52(78)63-39(21-13-16-25-58)49(75)62-30-44(72)73/h10-11,18,20,29,32-34,37,39-43,45-47,61,71H,8-9,12-17,19,21-28,30-31,57-60H2,1-7H3,(H,62,75)(H,63,78)(H,64,76)(H,65,81)(H,66,79)(H,67,82)(H,68,77)(H,69,74)(H,70,80)(H,72,73)/t33-,34-,37+,39+,40+,41+,42+,43+,45+,46+,47+/m0/s1. The van der Waals surface area contributed by atoms with Gasteiger partial charge in [0.25, 0.3) is 0 Å². The van der Waals surface area contributed by atoms with Crippen molar-refractivity contribution in [2.24, 2.45) is 40.7 Å². The second-order valence-electron chi connectivity index (χ2n) is 21.4. The van der Waals surface area contributed by atoms with Gasteiger partial charge in [0.05, 0.1) is 12.6 Å². The molecule has 1 aromatic heterocycles. The van der Waals surface area contributed by atoms with Crippen molar-refractivity contribution in [3.63, 3.8) is 0 Å². The first-order valence-corrected chi connectivity index (χ1v) is 30.3. The second kappa shape index (κ2) is 39.2. The lowest BCUT2D eigenvalue weighted by molar-refractivity contribution is -0.138. The first-order chi connectivity index (χ1) is 39.5. The number of carboxylic acid groups (broad SMARTS) is 1. The predicted molar refractivity (Wildman–Crippen MR) is 319 cm³/mol. The van der Waals surface area contributed by atoms with Crippen molar-refractivity contribution < 1.29 is 58.2 Å². The Morgan fingerprint density at radius 2 is 0.976 bits per heavy atom. The minimum atomic E-state index is -1.68. The van der Waals surface area contributed by atoms with E-state index in [4.69, 9.17) is 22.9 Å². The first-order valence-electron chi connectivity index (χ1n) is 28.9. The quantitative estimate of drug-likeness (QED) is 0.0355. The molecule has 0 saturated heterocycles. The second-order valence-corrected chi connectivity index (χ2v) is 22.4. The van der Waals surface area contributed by atoms with Crippen molar-refractivity contribution in [3.05, 3.63) is 36.0 Å². The maximum Gasteiger partial charge on any atom is 0.322 e. The number of nitrogens with one attached hydrogen (secondary N) is 10. The Kier molecular flexibility index (Phi) is 34.3. The molecule has 9 amide bonds. The van der Waals surface area contributed by atoms with Gasteiger partial charge >= 0.3 is 5.97 Å². The fourth-order valence-corrected chi connectivity index (χ4v) is 9.38. The number of carbonyl (C=O) groups is 10. The van der Waals surface area contributed by atoms with Crippen molar-refractivity contribution >= 4 is 81.8 Å². The van der Waals surface area contributed by atoms with Crippen LogP contribution in [0.4, 0.5) is 0 Å². The number of carbonyl (C=O) groups excluding carboxylic acids is 9. The minimum absolute atomic E-state index is 0.0883. The summed E-state index contributed by atoms with van der Waals surface area (Å²) in [6, 6.07) is -3.99. The molecule has 20 N–H and O–H groups in total. The van der Waals surface area contributed by atoms with Crippen LogP contribution in [0.2, 0.25) is 0 Å². The van der Waals surface area contributed by atoms with Crippen LogP contribution in [0.25, 0.3) is 10.9 Å². The van der Waals surface area contributed by atoms with Crippen LogP contribution in [0.3, 0.4) is 0 Å². The molecule has 83 heavy (non-hydrogen) atoms. The molecule has 1 aromatic carbocycles. The number of para-hydroxylation sites is 1. The molecular formula is C56H96N14O12S. The minimum Gasteiger partial charge on any atom is -0.480 e. The zero-order valence-electron chi connectivity index (χ0n) is 49.4. The molecule has 0 saturated carbocycles. The number of aromatic nitrogens is 1. The smallest absolute Gasteiger partial charge is 0.322 e. The van der Waals surface area contributed by atoms with Crippen LogP contribution in [0.15, 0.2) is 30.5 Å². The average Bonchev–Trinajstić information content (AvgIpc) is 4.00. The zero-order valence-corrected chi connectivity index (χ0v) is 50.3. The molecular weight excluding hydrogens is 1090 g/mol. The number of thioether (sulfide) groups is 1. The van der Waals surface area contributed by atoms with Crippen molar-refractivity contribution in [2.45, 2.75) is 179 Å². The number of amides is 9. The van der Waals surface area contributed by atoms with Gasteiger partial charge in [0.2, 0.25) is 53.2 Å². The summed E-state index contributed by atoms with van der Waals surface area (Å²) < 4.78 is 0. The Bertz CT molecular complexity index is 2400. The Balaban J connectivity index is 2.40. The normalized spacial score (nSPS) is 15.3. The summed E-state index contributed by atoms with van der Waals surface area (Å²) in [7, 11) is 0. The molecule has 0 aliphatic heterocycles. The lowest BCUT2D eigenvalue weighted by Crippen LogP contribution is -2.62. The number of carboxylic acids is 1. The van der Waals surface area contributed by atoms with E-state index >= 15 is 0 Å². The first kappa shape index (κ1) is 72.7. The van der Waals surface area contributed by atoms with E-state index in [0.29, 0.717) is 88.7 Å². The molecule has 468 valence electrons. The van der Waals surface area contributed by atoms with Crippen LogP contribution in [0.5, 0.6) is 0 Å². The molecule has 0 bridgehead atoms. The number of benzene rings is 1. The number of hydrogen-bond donors (Lipinski definition) is 16. The van der Waals surface area contributed by atoms with E-state index in [2.05, 4.69) is 52.8 Å². The van der Waals surface area contributed by atoms with E-state index in [0.717, 1.165) is 10.9 Å². The Morgan fingerprint density at radius 1 is 0.542 bits per heavy atom. The van der Waals surface area contributed by atoms with E-state index in [-0.39, 0.29) is 31.6 Å². The summed E-state index contributed by atoms with van der Waals surface area (Å²) in [6.45, 7) is 9.82. The molecule has 27 heteroatoms. The molecule has 2 rings (SSSR count). The van der Waals surface area contributed by atoms with Gasteiger partial charge in [-0.25, -0.2) is 0 Å². The van der Waals surface area contributed by atoms with Crippen LogP contribution >= 0.6 is 11.8 Å². The third-order valence-corrected chi connectivity index (χ3v) is 15.1. The molecule has 0 spiro atoms. The van der Waals surface area contributed by atoms with Crippen LogP contribution in [0.1, 0.15) is 124 Å². The highest BCUT2D eigenvalue weighted by Crippen LogP contribution is 2.20. The molecule has 0 unspecified atom stereocenters. The van der Waals surface area contributed by atoms with E-state index in [1.165, 1.54) is 11.8 Å². The molecule has 1 heterocycles. The number of rotatable bonds is 42. The Morgan fingerprint density at radius 3 is 1.49 bits per heavy atom. The van der Waals surface area contributed by atoms with Gasteiger partial charge < -0.3 is 86.0 Å². The van der Waals surface area contributed by atoms with Crippen molar-refractivity contribution in [3.8, 4) is 0 Å². The number of aliphatic carboxylic acids is 1. The third kappa shape index (κ3) is 25.2. The van der Waals surface area contributed by atoms with Crippen molar-refractivity contribution in [1.82, 2.24) is 52.8 Å². The van der Waals surface area contributed by atoms with Gasteiger partial charge in [0.1, 0.15) is 54.9 Å². The van der Waals surface area contributed by atoms with Crippen LogP contribution in [-0.2, 0) is 54.4 Å². The summed E-state index contributed by atoms with van der Waals surface area (Å²) >= 11 is 1.41. The summed E-state index contributed by atoms with van der Waals surface area (Å²) in [4.78, 5) is 140. The van der Waals surface area contributed by atoms with E-state index in [1.54, 1.807) is 59.0 Å². The largest absolute Gasteiger partial charge is 0.480 e. The zero-order chi connectivity index (χ0) is 62.2. The van der Waals surface area contributed by atoms with Gasteiger partial charge in [0, 0.05) is 23.5 Å². The van der Waals surface area contributed by atoms with Crippen LogP contribution < -0.4 is 70.8 Å². The summed E-state index contributed by atoms with van der Waals surface area (Å²) in [5.41, 5.74) is 24.5. The van der Waals surface area contributed by atoms with Gasteiger partial charge in [0.15, 0.2) is 0 Å². The van der Waals surface area contributed by atoms with Crippen LogP contribution in [0, 0.1) is 17.8 Å². The van der Waals surface area contributed by atoms with E-state index < -0.39 is 138 Å². The maximum absolute atomic E-state index is 14.3. The average molecular weight is 1190 g/mol. The number of aliphatic hydroxyl groups excluding tert-OH is 1. The van der Waals surface area contributed by atoms with Gasteiger partial charge in [-0.05, 0) is 119 Å². The lowest BCUT2D eigenvalue weighted by atomic mass is 9.96. The number of hydrogen-bond acceptors (Lipinski definition) is 16. The van der Waals surface area contributed by atoms with Crippen molar-refractivity contribution in [2.75, 3.05) is 44.8 Å². The number of aliphatic hydroxyl groups is 1. The van der Waals surface area contributed by atoms with Gasteiger partial charge in [-0.2, -0.15) is 11.8 Å². The summed E-state index contributed by atoms with van der Waals surface area (Å²) in [6.07, 6.45) is 8.05. The Labute approximate surface area is 491 Å². The number of aromatic amines is 1. The Hall–Kier alpha value is -6.39. The van der Waals surface area contributed by atoms with Gasteiger partial charge in [-0.15, -0.1) is 0 Å². The van der Waals surface area contributed by atoms with E-state index in [1.807, 2.05) is 19.2 Å². The summed E-state index contributed by atoms with van der Waals surface area (Å²) in [5.74, 6) is -9.20. The highest BCUT2D eigenvalue weighted by Gasteiger charge is 2.37. The highest BCUT2D eigenvalue weighted by molar-refractivity contribution is 7.98. The number of unbranched alkanes of at least 4 members (excludes halogenated alkanes) is 3. The number of fused-ring (bicyclic) bond motifs is 1. The third-order valence-electron chi connectivity index (χ3n) is 14.5. The van der Waals surface area contributed by atoms with Gasteiger partial charge in [-0.3, -0.25) is 47.9 Å². The SMILES string of the molecule is CC[C@H](C)[C@@H](NC(=O)[C@H](N)CCCCN)C(=O)N[C@H](CCCCN)C(=O)N[C@H](CCSC)C(=O)N[C@@H](C(=O)N[C@@H](C(=O)N[C@H](CO)C(=O)N[C@H](Cc1c[nH]c2ccccc12)C(=O)N[C@H](CCCCN)C(=O)NCC(=O)O)[C@@H](C)CC)C(C)C. The fourth-order valence-electron chi connectivity index (χ4n) is 8.91. The fraction of sp³-hybridized carbons (Fsp3) is 0.679. The summed E-state index contributed by atoms with van der Waals surface area (Å²) in [5, 5.41) is 44.4. The van der Waals surface area contributed by atoms with Gasteiger partial charge in [-0.1, -0.05) is 79.0 Å². The predicted octanol–water partition coefficient (Wildman–Crippen LogP) is -1.00. The highest BCUT2D eigenvalue weighted by atomic mass is 32.2. The molecule has 2 aromatic rings. The molecule has 0 radical (unpaired) electrons. The molecule has 0 aliphatic carbocycles. The maximum atomic E-state index is 14.3. The van der Waals surface area contributed by atoms with Crippen molar-refractivity contribution in [1.29, 1.82) is 0 Å². The topological polar surface area (TPSA) is 439 Å². The van der Waals surface area contributed by atoms with Crippen LogP contribution in [-0.4, -0.2) is 174 Å². The lowest BCUT2D eigenvalue weighted by Gasteiger charge is -2.31.